The summed E-state index contributed by atoms with van der Waals surface area (Å²) in [5.74, 6) is -1.41. The first-order chi connectivity index (χ1) is 13.2. The fourth-order valence-electron chi connectivity index (χ4n) is 3.25. The Labute approximate surface area is 159 Å². The summed E-state index contributed by atoms with van der Waals surface area (Å²) in [6.07, 6.45) is -0.436. The van der Waals surface area contributed by atoms with Crippen molar-refractivity contribution >= 4 is 22.9 Å². The van der Waals surface area contributed by atoms with E-state index >= 15 is 0 Å². The van der Waals surface area contributed by atoms with Crippen molar-refractivity contribution in [2.75, 3.05) is 7.11 Å². The van der Waals surface area contributed by atoms with Gasteiger partial charge in [0.25, 0.3) is 5.56 Å². The molecular weight excluding hydrogens is 366 g/mol. The number of aryl methyl sites for hydroxylation is 1. The first-order valence-electron chi connectivity index (χ1n) is 8.51. The van der Waals surface area contributed by atoms with Gasteiger partial charge in [0.15, 0.2) is 0 Å². The summed E-state index contributed by atoms with van der Waals surface area (Å²) in [5.41, 5.74) is 0.833. The van der Waals surface area contributed by atoms with Crippen LogP contribution in [0.15, 0.2) is 39.5 Å². The highest BCUT2D eigenvalue weighted by Gasteiger charge is 2.25. The first-order valence-corrected chi connectivity index (χ1v) is 8.51. The molecule has 2 aromatic heterocycles. The number of methoxy groups -OCH3 is 1. The Morgan fingerprint density at radius 2 is 1.86 bits per heavy atom. The first kappa shape index (κ1) is 19.2. The Bertz CT molecular complexity index is 1120. The molecule has 28 heavy (non-hydrogen) atoms. The van der Waals surface area contributed by atoms with Crippen molar-refractivity contribution in [3.8, 4) is 17.1 Å². The van der Waals surface area contributed by atoms with Crippen LogP contribution in [0.2, 0.25) is 0 Å². The number of carboxylic acid groups (broad SMARTS) is 2. The zero-order chi connectivity index (χ0) is 20.6. The minimum Gasteiger partial charge on any atom is -0.497 e. The minimum atomic E-state index is -1.16. The van der Waals surface area contributed by atoms with E-state index in [1.165, 1.54) is 14.0 Å². The number of fused-ring (bicyclic) bond motifs is 1. The van der Waals surface area contributed by atoms with Gasteiger partial charge in [-0.2, -0.15) is 0 Å². The third-order valence-corrected chi connectivity index (χ3v) is 4.61. The summed E-state index contributed by atoms with van der Waals surface area (Å²) in [6, 6.07) is 7.25. The molecule has 0 unspecified atom stereocenters. The van der Waals surface area contributed by atoms with Crippen molar-refractivity contribution in [2.45, 2.75) is 26.3 Å². The lowest BCUT2D eigenvalue weighted by Crippen LogP contribution is -2.30. The highest BCUT2D eigenvalue weighted by Crippen LogP contribution is 2.34. The molecule has 3 rings (SSSR count). The van der Waals surface area contributed by atoms with Crippen LogP contribution < -0.4 is 10.3 Å². The van der Waals surface area contributed by atoms with Crippen molar-refractivity contribution in [2.24, 2.45) is 0 Å². The highest BCUT2D eigenvalue weighted by atomic mass is 16.5. The number of aliphatic carboxylic acids is 2. The number of carboxylic acids is 2. The molecule has 0 saturated carbocycles. The Balaban J connectivity index is 2.33. The second-order valence-corrected chi connectivity index (χ2v) is 6.42. The molecule has 8 nitrogen and oxygen atoms in total. The van der Waals surface area contributed by atoms with E-state index in [-0.39, 0.29) is 22.3 Å². The van der Waals surface area contributed by atoms with Crippen LogP contribution >= 0.6 is 0 Å². The fourth-order valence-corrected chi connectivity index (χ4v) is 3.25. The topological polar surface area (TPSA) is 119 Å². The Hall–Kier alpha value is -3.55. The van der Waals surface area contributed by atoms with Crippen LogP contribution in [-0.2, 0) is 16.0 Å². The number of rotatable bonds is 6. The second-order valence-electron chi connectivity index (χ2n) is 6.42. The maximum absolute atomic E-state index is 13.1. The number of hydrogen-bond donors (Lipinski definition) is 2. The number of nitrogens with zero attached hydrogens (tertiary/aromatic N) is 1. The van der Waals surface area contributed by atoms with E-state index in [1.807, 2.05) is 0 Å². The highest BCUT2D eigenvalue weighted by molar-refractivity contribution is 5.91. The monoisotopic (exact) mass is 385 g/mol. The van der Waals surface area contributed by atoms with Crippen LogP contribution in [-0.4, -0.2) is 33.8 Å². The van der Waals surface area contributed by atoms with E-state index in [1.54, 1.807) is 37.3 Å². The van der Waals surface area contributed by atoms with Gasteiger partial charge in [-0.1, -0.05) is 0 Å². The fraction of sp³-hybridized carbons (Fsp3) is 0.250. The molecule has 0 fully saturated rings. The van der Waals surface area contributed by atoms with E-state index in [0.29, 0.717) is 17.0 Å². The number of pyridine rings is 1. The van der Waals surface area contributed by atoms with Crippen molar-refractivity contribution < 1.29 is 29.0 Å². The lowest BCUT2D eigenvalue weighted by atomic mass is 10.0. The van der Waals surface area contributed by atoms with E-state index in [9.17, 15) is 24.6 Å². The number of ether oxygens (including phenoxy) is 1. The van der Waals surface area contributed by atoms with Crippen molar-refractivity contribution in [1.29, 1.82) is 0 Å². The molecule has 1 aromatic carbocycles. The Morgan fingerprint density at radius 1 is 1.21 bits per heavy atom. The summed E-state index contributed by atoms with van der Waals surface area (Å²) < 4.78 is 12.1. The van der Waals surface area contributed by atoms with Gasteiger partial charge in [0.2, 0.25) is 0 Å². The van der Waals surface area contributed by atoms with Gasteiger partial charge in [-0.05, 0) is 38.1 Å². The molecule has 0 radical (unpaired) electrons. The zero-order valence-electron chi connectivity index (χ0n) is 15.6. The molecule has 8 heteroatoms. The molecule has 0 bridgehead atoms. The third-order valence-electron chi connectivity index (χ3n) is 4.61. The second kappa shape index (κ2) is 7.22. The molecule has 0 saturated heterocycles. The molecule has 0 spiro atoms. The van der Waals surface area contributed by atoms with Crippen molar-refractivity contribution in [1.82, 2.24) is 4.57 Å². The minimum absolute atomic E-state index is 0.0759. The molecule has 146 valence electrons. The van der Waals surface area contributed by atoms with Crippen LogP contribution in [0, 0.1) is 6.92 Å². The van der Waals surface area contributed by atoms with Crippen molar-refractivity contribution in [3.05, 3.63) is 51.9 Å². The number of hydrogen-bond acceptors (Lipinski definition) is 5. The normalized spacial score (nSPS) is 12.1. The van der Waals surface area contributed by atoms with Gasteiger partial charge in [0.1, 0.15) is 23.1 Å². The molecule has 2 heterocycles. The van der Waals surface area contributed by atoms with E-state index < -0.39 is 30.0 Å². The average molecular weight is 385 g/mol. The molecule has 1 atom stereocenters. The Kier molecular flexibility index (Phi) is 4.96. The van der Waals surface area contributed by atoms with Gasteiger partial charge in [-0.3, -0.25) is 14.2 Å². The number of furan rings is 1. The number of carbonyl (C=O) groups is 2. The zero-order valence-corrected chi connectivity index (χ0v) is 15.6. The van der Waals surface area contributed by atoms with Gasteiger partial charge in [-0.25, -0.2) is 4.79 Å². The SMILES string of the molecule is COc1ccc(-c2oc3cc(C)n([C@@H](C)C(=O)O)c(=O)c3c2CC(=O)O)cc1. The van der Waals surface area contributed by atoms with Crippen LogP contribution in [0.1, 0.15) is 24.2 Å². The summed E-state index contributed by atoms with van der Waals surface area (Å²) in [4.78, 5) is 35.9. The summed E-state index contributed by atoms with van der Waals surface area (Å²) in [7, 11) is 1.53. The lowest BCUT2D eigenvalue weighted by molar-refractivity contribution is -0.140. The maximum atomic E-state index is 13.1. The summed E-state index contributed by atoms with van der Waals surface area (Å²) in [6.45, 7) is 3.00. The molecule has 2 N–H and O–H groups in total. The average Bonchev–Trinajstić information content (AvgIpc) is 2.99. The van der Waals surface area contributed by atoms with Crippen LogP contribution in [0.4, 0.5) is 0 Å². The summed E-state index contributed by atoms with van der Waals surface area (Å²) >= 11 is 0. The van der Waals surface area contributed by atoms with Gasteiger partial charge in [0, 0.05) is 22.9 Å². The summed E-state index contributed by atoms with van der Waals surface area (Å²) in [5, 5.41) is 18.7. The molecule has 0 amide bonds. The van der Waals surface area contributed by atoms with Gasteiger partial charge < -0.3 is 19.4 Å². The largest absolute Gasteiger partial charge is 0.497 e. The van der Waals surface area contributed by atoms with Gasteiger partial charge >= 0.3 is 11.9 Å². The standard InChI is InChI=1S/C20H19NO7/c1-10-8-15-17(19(24)21(10)11(2)20(25)26)14(9-16(22)23)18(28-15)12-4-6-13(27-3)7-5-12/h4-8,11H,9H2,1-3H3,(H,22,23)(H,25,26)/t11-/m0/s1. The lowest BCUT2D eigenvalue weighted by Gasteiger charge is -2.14. The third kappa shape index (κ3) is 3.24. The van der Waals surface area contributed by atoms with Gasteiger partial charge in [-0.15, -0.1) is 0 Å². The predicted molar refractivity (Wildman–Crippen MR) is 101 cm³/mol. The van der Waals surface area contributed by atoms with Gasteiger partial charge in [0.05, 0.1) is 18.9 Å². The Morgan fingerprint density at radius 3 is 2.39 bits per heavy atom. The maximum Gasteiger partial charge on any atom is 0.326 e. The molecule has 0 aliphatic carbocycles. The smallest absolute Gasteiger partial charge is 0.326 e. The molecular formula is C20H19NO7. The molecule has 0 aliphatic heterocycles. The predicted octanol–water partition coefficient (Wildman–Crippen LogP) is 2.85. The number of benzene rings is 1. The van der Waals surface area contributed by atoms with E-state index in [2.05, 4.69) is 0 Å². The number of aromatic nitrogens is 1. The van der Waals surface area contributed by atoms with E-state index in [0.717, 1.165) is 4.57 Å². The molecule has 3 aromatic rings. The van der Waals surface area contributed by atoms with Crippen molar-refractivity contribution in [3.63, 3.8) is 0 Å². The quantitative estimate of drug-likeness (QED) is 0.669. The van der Waals surface area contributed by atoms with Crippen LogP contribution in [0.25, 0.3) is 22.3 Å². The van der Waals surface area contributed by atoms with Crippen LogP contribution in [0.5, 0.6) is 5.75 Å². The van der Waals surface area contributed by atoms with E-state index in [4.69, 9.17) is 9.15 Å². The molecule has 0 aliphatic rings. The van der Waals surface area contributed by atoms with Crippen LogP contribution in [0.3, 0.4) is 0 Å².